The van der Waals surface area contributed by atoms with Gasteiger partial charge in [0.2, 0.25) is 11.8 Å². The van der Waals surface area contributed by atoms with E-state index in [1.807, 2.05) is 66.0 Å². The summed E-state index contributed by atoms with van der Waals surface area (Å²) in [6, 6.07) is 21.4. The van der Waals surface area contributed by atoms with Crippen LogP contribution in [0.15, 0.2) is 72.1 Å². The van der Waals surface area contributed by atoms with Crippen LogP contribution in [-0.2, 0) is 4.79 Å². The van der Waals surface area contributed by atoms with Gasteiger partial charge in [-0.1, -0.05) is 36.4 Å². The number of aromatic nitrogens is 6. The number of nitrogens with zero attached hydrogens (tertiary/aromatic N) is 7. The van der Waals surface area contributed by atoms with E-state index in [0.29, 0.717) is 30.5 Å². The minimum Gasteiger partial charge on any atom is -0.475 e. The molecular weight excluding hydrogens is 500 g/mol. The van der Waals surface area contributed by atoms with Crippen LogP contribution in [0.3, 0.4) is 0 Å². The van der Waals surface area contributed by atoms with Gasteiger partial charge in [0.25, 0.3) is 0 Å². The van der Waals surface area contributed by atoms with Gasteiger partial charge in [0, 0.05) is 30.6 Å². The van der Waals surface area contributed by atoms with Crippen LogP contribution in [0.25, 0.3) is 27.6 Å². The molecule has 1 fully saturated rings. The summed E-state index contributed by atoms with van der Waals surface area (Å²) in [5, 5.41) is 26.7. The zero-order chi connectivity index (χ0) is 25.7. The van der Waals surface area contributed by atoms with E-state index < -0.39 is 0 Å². The Balaban J connectivity index is 0.968. The zero-order valence-corrected chi connectivity index (χ0v) is 21.4. The summed E-state index contributed by atoms with van der Waals surface area (Å²) in [5.74, 6) is 1.98. The molecule has 6 rings (SSSR count). The van der Waals surface area contributed by atoms with Crippen molar-refractivity contribution in [1.29, 1.82) is 0 Å². The summed E-state index contributed by atoms with van der Waals surface area (Å²) < 4.78 is 7.46. The van der Waals surface area contributed by atoms with Crippen molar-refractivity contribution in [2.45, 2.75) is 12.8 Å². The third-order valence-electron chi connectivity index (χ3n) is 6.54. The third kappa shape index (κ3) is 5.18. The van der Waals surface area contributed by atoms with Gasteiger partial charge in [-0.25, -0.2) is 0 Å². The first-order chi connectivity index (χ1) is 18.7. The number of carbonyl (C=O) groups is 1. The summed E-state index contributed by atoms with van der Waals surface area (Å²) in [5.41, 5.74) is 2.44. The fourth-order valence-corrected chi connectivity index (χ4v) is 5.20. The van der Waals surface area contributed by atoms with Crippen molar-refractivity contribution in [3.8, 4) is 27.8 Å². The number of fused-ring (bicyclic) bond motifs is 1. The Labute approximate surface area is 223 Å². The molecule has 0 saturated carbocycles. The molecule has 0 radical (unpaired) electrons. The molecule has 5 aromatic rings. The second-order valence-corrected chi connectivity index (χ2v) is 9.93. The lowest BCUT2D eigenvalue weighted by atomic mass is 9.96. The van der Waals surface area contributed by atoms with E-state index >= 15 is 0 Å². The van der Waals surface area contributed by atoms with Crippen LogP contribution >= 0.6 is 11.3 Å². The minimum atomic E-state index is -0.0236. The van der Waals surface area contributed by atoms with E-state index in [0.717, 1.165) is 47.9 Å². The summed E-state index contributed by atoms with van der Waals surface area (Å²) in [6.45, 7) is 2.27. The molecule has 1 aliphatic heterocycles. The summed E-state index contributed by atoms with van der Waals surface area (Å²) >= 11 is 1.65. The Morgan fingerprint density at radius 1 is 0.947 bits per heavy atom. The van der Waals surface area contributed by atoms with Gasteiger partial charge in [0.15, 0.2) is 17.3 Å². The molecule has 5 heterocycles. The Kier molecular flexibility index (Phi) is 6.90. The number of hydrogen-bond donors (Lipinski definition) is 1. The summed E-state index contributed by atoms with van der Waals surface area (Å²) in [6.07, 6.45) is 1.55. The number of carbonyl (C=O) groups excluding carboxylic acids is 1. The molecule has 1 aliphatic rings. The molecule has 0 spiro atoms. The lowest BCUT2D eigenvalue weighted by Gasteiger charge is -2.31. The molecular formula is C27H26N8O2S. The molecule has 1 amide bonds. The molecule has 0 atom stereocenters. The molecule has 4 aromatic heterocycles. The van der Waals surface area contributed by atoms with Gasteiger partial charge >= 0.3 is 0 Å². The van der Waals surface area contributed by atoms with Crippen molar-refractivity contribution in [3.63, 3.8) is 0 Å². The van der Waals surface area contributed by atoms with Gasteiger partial charge < -0.3 is 15.0 Å². The average molecular weight is 527 g/mol. The largest absolute Gasteiger partial charge is 0.475 e. The number of nitrogens with one attached hydrogen (secondary N) is 1. The smallest absolute Gasteiger partial charge is 0.231 e. The molecule has 0 aliphatic carbocycles. The molecule has 192 valence electrons. The number of amides is 1. The van der Waals surface area contributed by atoms with Gasteiger partial charge in [-0.15, -0.1) is 36.8 Å². The monoisotopic (exact) mass is 526 g/mol. The predicted molar refractivity (Wildman–Crippen MR) is 145 cm³/mol. The maximum absolute atomic E-state index is 12.7. The predicted octanol–water partition coefficient (Wildman–Crippen LogP) is 3.72. The number of anilines is 1. The fourth-order valence-electron chi connectivity index (χ4n) is 4.51. The highest BCUT2D eigenvalue weighted by atomic mass is 32.1. The first kappa shape index (κ1) is 24.0. The van der Waals surface area contributed by atoms with E-state index in [9.17, 15) is 4.79 Å². The highest BCUT2D eigenvalue weighted by Gasteiger charge is 2.25. The first-order valence-corrected chi connectivity index (χ1v) is 13.4. The van der Waals surface area contributed by atoms with Gasteiger partial charge in [0.1, 0.15) is 12.3 Å². The highest BCUT2D eigenvalue weighted by Crippen LogP contribution is 2.25. The van der Waals surface area contributed by atoms with Crippen molar-refractivity contribution in [2.24, 2.45) is 5.92 Å². The number of ether oxygens (including phenoxy) is 1. The standard InChI is InChI=1S/C27H26N8O2S/c36-27(20-12-15-34(16-13-20)23-9-8-21(29-30-23)22-7-4-18-38-22)28-14-17-37-25-11-10-24-31-32-26(35(24)33-25)19-5-2-1-3-6-19/h1-11,18,20H,12-17H2,(H,28,36). The van der Waals surface area contributed by atoms with Crippen LogP contribution in [0.2, 0.25) is 0 Å². The number of thiophene rings is 1. The molecule has 11 heteroatoms. The molecule has 1 aromatic carbocycles. The quantitative estimate of drug-likeness (QED) is 0.305. The van der Waals surface area contributed by atoms with Gasteiger partial charge in [-0.2, -0.15) is 4.52 Å². The Hall–Kier alpha value is -4.38. The van der Waals surface area contributed by atoms with E-state index in [-0.39, 0.29) is 11.8 Å². The minimum absolute atomic E-state index is 0.0236. The summed E-state index contributed by atoms with van der Waals surface area (Å²) in [7, 11) is 0. The molecule has 1 N–H and O–H groups in total. The SMILES string of the molecule is O=C(NCCOc1ccc2nnc(-c3ccccc3)n2n1)C1CCN(c2ccc(-c3cccs3)nn2)CC1. The van der Waals surface area contributed by atoms with Crippen molar-refractivity contribution < 1.29 is 9.53 Å². The number of rotatable bonds is 8. The number of benzene rings is 1. The van der Waals surface area contributed by atoms with E-state index in [1.165, 1.54) is 0 Å². The molecule has 1 saturated heterocycles. The lowest BCUT2D eigenvalue weighted by molar-refractivity contribution is -0.125. The number of piperidine rings is 1. The lowest BCUT2D eigenvalue weighted by Crippen LogP contribution is -2.41. The van der Waals surface area contributed by atoms with Crippen LogP contribution in [-0.4, -0.2) is 62.2 Å². The van der Waals surface area contributed by atoms with Gasteiger partial charge in [-0.05, 0) is 42.5 Å². The first-order valence-electron chi connectivity index (χ1n) is 12.6. The van der Waals surface area contributed by atoms with E-state index in [1.54, 1.807) is 21.9 Å². The Bertz CT molecular complexity index is 1500. The molecule has 38 heavy (non-hydrogen) atoms. The van der Waals surface area contributed by atoms with Crippen molar-refractivity contribution in [1.82, 2.24) is 35.3 Å². The van der Waals surface area contributed by atoms with Crippen LogP contribution in [0, 0.1) is 5.92 Å². The van der Waals surface area contributed by atoms with Crippen LogP contribution < -0.4 is 15.0 Å². The van der Waals surface area contributed by atoms with Crippen molar-refractivity contribution >= 4 is 28.7 Å². The topological polar surface area (TPSA) is 110 Å². The van der Waals surface area contributed by atoms with Crippen LogP contribution in [0.4, 0.5) is 5.82 Å². The average Bonchev–Trinajstić information content (AvgIpc) is 3.66. The van der Waals surface area contributed by atoms with E-state index in [4.69, 9.17) is 4.74 Å². The third-order valence-corrected chi connectivity index (χ3v) is 7.43. The Morgan fingerprint density at radius 3 is 2.58 bits per heavy atom. The van der Waals surface area contributed by atoms with Crippen LogP contribution in [0.5, 0.6) is 5.88 Å². The molecule has 0 unspecified atom stereocenters. The fraction of sp³-hybridized carbons (Fsp3) is 0.259. The summed E-state index contributed by atoms with van der Waals surface area (Å²) in [4.78, 5) is 16.0. The molecule has 0 bridgehead atoms. The number of hydrogen-bond acceptors (Lipinski definition) is 9. The van der Waals surface area contributed by atoms with Crippen molar-refractivity contribution in [3.05, 3.63) is 72.1 Å². The normalized spacial score (nSPS) is 14.1. The zero-order valence-electron chi connectivity index (χ0n) is 20.6. The second-order valence-electron chi connectivity index (χ2n) is 8.99. The van der Waals surface area contributed by atoms with Gasteiger partial charge in [-0.3, -0.25) is 4.79 Å². The van der Waals surface area contributed by atoms with Crippen molar-refractivity contribution in [2.75, 3.05) is 31.1 Å². The van der Waals surface area contributed by atoms with Crippen LogP contribution in [0.1, 0.15) is 12.8 Å². The van der Waals surface area contributed by atoms with Gasteiger partial charge in [0.05, 0.1) is 11.4 Å². The maximum atomic E-state index is 12.7. The van der Waals surface area contributed by atoms with E-state index in [2.05, 4.69) is 35.7 Å². The molecule has 10 nitrogen and oxygen atoms in total. The Morgan fingerprint density at radius 2 is 1.82 bits per heavy atom. The second kappa shape index (κ2) is 10.9. The maximum Gasteiger partial charge on any atom is 0.231 e. The highest BCUT2D eigenvalue weighted by molar-refractivity contribution is 7.13.